The molecule has 3 nitrogen and oxygen atoms in total. The molecule has 2 rings (SSSR count). The Balaban J connectivity index is 2.20. The van der Waals surface area contributed by atoms with Crippen molar-refractivity contribution in [3.63, 3.8) is 0 Å². The fourth-order valence-corrected chi connectivity index (χ4v) is 2.12. The molecule has 0 radical (unpaired) electrons. The van der Waals surface area contributed by atoms with Crippen LogP contribution in [0.2, 0.25) is 5.02 Å². The summed E-state index contributed by atoms with van der Waals surface area (Å²) < 4.78 is 19.7. The Morgan fingerprint density at radius 2 is 2.10 bits per heavy atom. The lowest BCUT2D eigenvalue weighted by Gasteiger charge is -2.10. The number of carboxylic acids is 1. The number of ether oxygens (including phenoxy) is 1. The third-order valence-electron chi connectivity index (χ3n) is 2.59. The normalized spacial score (nSPS) is 10.3. The van der Waals surface area contributed by atoms with E-state index in [1.165, 1.54) is 18.2 Å². The molecule has 0 aliphatic carbocycles. The van der Waals surface area contributed by atoms with Gasteiger partial charge in [-0.2, -0.15) is 0 Å². The van der Waals surface area contributed by atoms with Gasteiger partial charge in [-0.1, -0.05) is 23.7 Å². The molecule has 0 heterocycles. The Bertz CT molecular complexity index is 661. The van der Waals surface area contributed by atoms with E-state index in [2.05, 4.69) is 15.9 Å². The zero-order valence-electron chi connectivity index (χ0n) is 10.1. The first-order valence-corrected chi connectivity index (χ1v) is 6.74. The summed E-state index contributed by atoms with van der Waals surface area (Å²) in [5.41, 5.74) is 0.389. The van der Waals surface area contributed by atoms with Crippen LogP contribution in [0.25, 0.3) is 0 Å². The van der Waals surface area contributed by atoms with Crippen molar-refractivity contribution >= 4 is 33.5 Å². The van der Waals surface area contributed by atoms with Crippen molar-refractivity contribution in [2.24, 2.45) is 0 Å². The van der Waals surface area contributed by atoms with Crippen molar-refractivity contribution in [1.29, 1.82) is 0 Å². The molecular weight excluding hydrogens is 351 g/mol. The van der Waals surface area contributed by atoms with Crippen molar-refractivity contribution in [1.82, 2.24) is 0 Å². The molecule has 2 aromatic rings. The van der Waals surface area contributed by atoms with Crippen LogP contribution < -0.4 is 4.74 Å². The van der Waals surface area contributed by atoms with Gasteiger partial charge >= 0.3 is 5.97 Å². The third kappa shape index (κ3) is 3.29. The number of halogens is 3. The van der Waals surface area contributed by atoms with Crippen LogP contribution in [0.15, 0.2) is 40.9 Å². The Morgan fingerprint density at radius 3 is 2.80 bits per heavy atom. The maximum Gasteiger partial charge on any atom is 0.335 e. The number of carbonyl (C=O) groups is 1. The van der Waals surface area contributed by atoms with E-state index in [0.29, 0.717) is 15.8 Å². The molecule has 0 fully saturated rings. The predicted octanol–water partition coefficient (Wildman–Crippen LogP) is 4.52. The van der Waals surface area contributed by atoms with Gasteiger partial charge in [0.25, 0.3) is 0 Å². The number of rotatable bonds is 4. The zero-order chi connectivity index (χ0) is 14.7. The zero-order valence-corrected chi connectivity index (χ0v) is 12.4. The van der Waals surface area contributed by atoms with E-state index in [1.807, 2.05) is 0 Å². The summed E-state index contributed by atoms with van der Waals surface area (Å²) in [5.74, 6) is -1.28. The summed E-state index contributed by atoms with van der Waals surface area (Å²) in [6, 6.07) is 8.99. The highest BCUT2D eigenvalue weighted by Gasteiger charge is 2.10. The first kappa shape index (κ1) is 14.8. The van der Waals surface area contributed by atoms with E-state index >= 15 is 0 Å². The van der Waals surface area contributed by atoms with Gasteiger partial charge in [0.05, 0.1) is 15.1 Å². The molecule has 0 aliphatic heterocycles. The van der Waals surface area contributed by atoms with Gasteiger partial charge < -0.3 is 9.84 Å². The predicted molar refractivity (Wildman–Crippen MR) is 76.8 cm³/mol. The quantitative estimate of drug-likeness (QED) is 0.873. The lowest BCUT2D eigenvalue weighted by molar-refractivity contribution is 0.0696. The van der Waals surface area contributed by atoms with Gasteiger partial charge in [-0.05, 0) is 40.2 Å². The van der Waals surface area contributed by atoms with E-state index in [4.69, 9.17) is 21.4 Å². The van der Waals surface area contributed by atoms with Crippen LogP contribution >= 0.6 is 27.5 Å². The van der Waals surface area contributed by atoms with E-state index < -0.39 is 11.8 Å². The molecule has 0 amide bonds. The van der Waals surface area contributed by atoms with Crippen molar-refractivity contribution in [2.75, 3.05) is 0 Å². The summed E-state index contributed by atoms with van der Waals surface area (Å²) in [6.45, 7) is -0.0476. The molecular formula is C14H9BrClFO3. The SMILES string of the molecule is O=C(O)c1ccc(Br)c(OCc2cccc(Cl)c2F)c1. The van der Waals surface area contributed by atoms with Crippen LogP contribution in [0.5, 0.6) is 5.75 Å². The van der Waals surface area contributed by atoms with Crippen molar-refractivity contribution in [2.45, 2.75) is 6.61 Å². The van der Waals surface area contributed by atoms with Crippen molar-refractivity contribution in [3.8, 4) is 5.75 Å². The minimum atomic E-state index is -1.06. The fourth-order valence-electron chi connectivity index (χ4n) is 1.56. The topological polar surface area (TPSA) is 46.5 Å². The van der Waals surface area contributed by atoms with Crippen LogP contribution in [0.4, 0.5) is 4.39 Å². The fraction of sp³-hybridized carbons (Fsp3) is 0.0714. The second-order valence-corrected chi connectivity index (χ2v) is 5.21. The van der Waals surface area contributed by atoms with E-state index in [-0.39, 0.29) is 17.2 Å². The number of hydrogen-bond acceptors (Lipinski definition) is 2. The molecule has 0 atom stereocenters. The number of carboxylic acid groups (broad SMARTS) is 1. The lowest BCUT2D eigenvalue weighted by atomic mass is 10.2. The number of hydrogen-bond donors (Lipinski definition) is 1. The Morgan fingerprint density at radius 1 is 1.35 bits per heavy atom. The van der Waals surface area contributed by atoms with Gasteiger partial charge in [0.15, 0.2) is 0 Å². The summed E-state index contributed by atoms with van der Waals surface area (Å²) in [5, 5.41) is 8.94. The standard InChI is InChI=1S/C14H9BrClFO3/c15-10-5-4-8(14(18)19)6-12(10)20-7-9-2-1-3-11(16)13(9)17/h1-6H,7H2,(H,18,19). The molecule has 0 aliphatic rings. The third-order valence-corrected chi connectivity index (χ3v) is 3.54. The average Bonchev–Trinajstić information content (AvgIpc) is 2.41. The number of aromatic carboxylic acids is 1. The monoisotopic (exact) mass is 358 g/mol. The van der Waals surface area contributed by atoms with E-state index in [1.54, 1.807) is 18.2 Å². The highest BCUT2D eigenvalue weighted by molar-refractivity contribution is 9.10. The van der Waals surface area contributed by atoms with Gasteiger partial charge in [-0.3, -0.25) is 0 Å². The minimum Gasteiger partial charge on any atom is -0.488 e. The molecule has 0 saturated heterocycles. The second-order valence-electron chi connectivity index (χ2n) is 3.95. The molecule has 0 unspecified atom stereocenters. The highest BCUT2D eigenvalue weighted by Crippen LogP contribution is 2.28. The smallest absolute Gasteiger partial charge is 0.335 e. The van der Waals surface area contributed by atoms with Crippen LogP contribution in [0.1, 0.15) is 15.9 Å². The summed E-state index contributed by atoms with van der Waals surface area (Å²) in [7, 11) is 0. The molecule has 1 N–H and O–H groups in total. The largest absolute Gasteiger partial charge is 0.488 e. The summed E-state index contributed by atoms with van der Waals surface area (Å²) >= 11 is 8.92. The summed E-state index contributed by atoms with van der Waals surface area (Å²) in [4.78, 5) is 10.9. The second kappa shape index (κ2) is 6.24. The first-order chi connectivity index (χ1) is 9.49. The van der Waals surface area contributed by atoms with Gasteiger partial charge in [-0.15, -0.1) is 0 Å². The molecule has 6 heteroatoms. The van der Waals surface area contributed by atoms with Crippen LogP contribution in [0.3, 0.4) is 0 Å². The average molecular weight is 360 g/mol. The van der Waals surface area contributed by atoms with Gasteiger partial charge in [0.1, 0.15) is 18.2 Å². The van der Waals surface area contributed by atoms with E-state index in [0.717, 1.165) is 0 Å². The van der Waals surface area contributed by atoms with Crippen molar-refractivity contribution in [3.05, 3.63) is 62.8 Å². The van der Waals surface area contributed by atoms with Crippen LogP contribution in [-0.4, -0.2) is 11.1 Å². The minimum absolute atomic E-state index is 0.0180. The molecule has 0 bridgehead atoms. The van der Waals surface area contributed by atoms with Crippen molar-refractivity contribution < 1.29 is 19.0 Å². The lowest BCUT2D eigenvalue weighted by Crippen LogP contribution is -2.01. The number of benzene rings is 2. The molecule has 20 heavy (non-hydrogen) atoms. The van der Waals surface area contributed by atoms with Gasteiger partial charge in [0.2, 0.25) is 0 Å². The Hall–Kier alpha value is -1.59. The molecule has 0 spiro atoms. The molecule has 104 valence electrons. The Kier molecular flexibility index (Phi) is 4.62. The maximum atomic E-state index is 13.7. The van der Waals surface area contributed by atoms with Crippen LogP contribution in [0, 0.1) is 5.82 Å². The first-order valence-electron chi connectivity index (χ1n) is 5.57. The molecule has 0 aromatic heterocycles. The van der Waals surface area contributed by atoms with Crippen LogP contribution in [-0.2, 0) is 6.61 Å². The Labute approximate surface area is 128 Å². The highest BCUT2D eigenvalue weighted by atomic mass is 79.9. The van der Waals surface area contributed by atoms with E-state index in [9.17, 15) is 9.18 Å². The summed E-state index contributed by atoms with van der Waals surface area (Å²) in [6.07, 6.45) is 0. The molecule has 0 saturated carbocycles. The van der Waals surface area contributed by atoms with Gasteiger partial charge in [0, 0.05) is 5.56 Å². The maximum absolute atomic E-state index is 13.7. The van der Waals surface area contributed by atoms with Gasteiger partial charge in [-0.25, -0.2) is 9.18 Å². The molecule has 2 aromatic carbocycles.